The summed E-state index contributed by atoms with van der Waals surface area (Å²) in [6.45, 7) is 0. The Bertz CT molecular complexity index is 1080. The normalized spacial score (nSPS) is 12.5. The van der Waals surface area contributed by atoms with E-state index in [4.69, 9.17) is 4.18 Å². The highest BCUT2D eigenvalue weighted by Gasteiger charge is 2.49. The van der Waals surface area contributed by atoms with E-state index in [0.717, 1.165) is 0 Å². The summed E-state index contributed by atoms with van der Waals surface area (Å²) in [5.74, 6) is -2.29. The van der Waals surface area contributed by atoms with Gasteiger partial charge in [0.2, 0.25) is 0 Å². The van der Waals surface area contributed by atoms with Crippen LogP contribution in [0.3, 0.4) is 0 Å². The summed E-state index contributed by atoms with van der Waals surface area (Å²) >= 11 is 20.7. The Labute approximate surface area is 234 Å². The van der Waals surface area contributed by atoms with Crippen LogP contribution >= 0.6 is 106 Å². The molecule has 0 aliphatic carbocycles. The van der Waals surface area contributed by atoms with Crippen LogP contribution in [0.25, 0.3) is 0 Å². The van der Waals surface area contributed by atoms with Crippen LogP contribution in [0.1, 0.15) is 0 Å². The number of benzene rings is 3. The molecule has 3 aromatic rings. The molecule has 170 valence electrons. The van der Waals surface area contributed by atoms with Gasteiger partial charge in [0.25, 0.3) is 0 Å². The van der Waals surface area contributed by atoms with Crippen molar-refractivity contribution in [3.63, 3.8) is 0 Å². The van der Waals surface area contributed by atoms with Gasteiger partial charge in [0.1, 0.15) is 0 Å². The van der Waals surface area contributed by atoms with Gasteiger partial charge >= 0.3 is 12.1 Å². The highest BCUT2D eigenvalue weighted by molar-refractivity contribution is 9.12. The first-order chi connectivity index (χ1) is 14.9. The number of alkyl halides is 3. The van der Waals surface area contributed by atoms with Crippen molar-refractivity contribution in [2.75, 3.05) is 0 Å². The fourth-order valence-electron chi connectivity index (χ4n) is 2.85. The molecule has 0 spiro atoms. The summed E-state index contributed by atoms with van der Waals surface area (Å²) in [4.78, 5) is 13.5. The highest BCUT2D eigenvalue weighted by Crippen LogP contribution is 2.75. The van der Waals surface area contributed by atoms with Crippen molar-refractivity contribution in [2.45, 2.75) is 20.9 Å². The van der Waals surface area contributed by atoms with E-state index < -0.39 is 22.5 Å². The van der Waals surface area contributed by atoms with Crippen molar-refractivity contribution < 1.29 is 22.1 Å². The summed E-state index contributed by atoms with van der Waals surface area (Å²) in [5, 5.41) is 0. The molecule has 3 rings (SSSR count). The topological polar surface area (TPSA) is 26.3 Å². The molecule has 0 aliphatic rings. The minimum Gasteiger partial charge on any atom is -0.395 e. The van der Waals surface area contributed by atoms with Gasteiger partial charge in [0, 0.05) is 31.7 Å². The lowest BCUT2D eigenvalue weighted by Crippen LogP contribution is -2.28. The van der Waals surface area contributed by atoms with Crippen molar-refractivity contribution in [1.29, 1.82) is 0 Å². The minimum absolute atomic E-state index is 0.355. The lowest BCUT2D eigenvalue weighted by Gasteiger charge is -2.42. The molecule has 0 unspecified atom stereocenters. The lowest BCUT2D eigenvalue weighted by molar-refractivity contribution is -0.188. The molecule has 3 aromatic carbocycles. The van der Waals surface area contributed by atoms with Crippen LogP contribution in [-0.4, -0.2) is 12.1 Å². The summed E-state index contributed by atoms with van der Waals surface area (Å²) < 4.78 is 49.3. The van der Waals surface area contributed by atoms with Crippen molar-refractivity contribution >= 4 is 112 Å². The van der Waals surface area contributed by atoms with Crippen molar-refractivity contribution in [2.24, 2.45) is 0 Å². The van der Waals surface area contributed by atoms with Gasteiger partial charge in [-0.3, -0.25) is 0 Å². The molecule has 2 nitrogen and oxygen atoms in total. The zero-order valence-electron chi connectivity index (χ0n) is 15.3. The third-order valence-corrected chi connectivity index (χ3v) is 11.8. The van der Waals surface area contributed by atoms with E-state index in [2.05, 4.69) is 95.6 Å². The second-order valence-electron chi connectivity index (χ2n) is 6.13. The Hall–Kier alpha value is 0.150. The average Bonchev–Trinajstić information content (AvgIpc) is 2.65. The first-order valence-electron chi connectivity index (χ1n) is 8.36. The maximum Gasteiger partial charge on any atom is 0.491 e. The third-order valence-electron chi connectivity index (χ3n) is 4.01. The van der Waals surface area contributed by atoms with Crippen molar-refractivity contribution in [1.82, 2.24) is 0 Å². The molecular weight excluding hydrogens is 841 g/mol. The predicted octanol–water partition coefficient (Wildman–Crippen LogP) is 10.6. The van der Waals surface area contributed by atoms with Gasteiger partial charge in [0.05, 0.1) is 9.79 Å². The number of carbonyl (C=O) groups excluding carboxylic acids is 1. The standard InChI is InChI=1S/C20H9Br6F3O2S/c21-10-6-13(23)17(14(24)7-10)32(12-4-2-1-3-5-12,31-19(30)20(27,28)29)18-15(25)8-11(22)9-16(18)26/h1-9H. The first kappa shape index (κ1) is 26.7. The van der Waals surface area contributed by atoms with E-state index in [9.17, 15) is 18.0 Å². The Morgan fingerprint density at radius 3 is 1.44 bits per heavy atom. The second-order valence-corrected chi connectivity index (χ2v) is 14.0. The smallest absolute Gasteiger partial charge is 0.395 e. The zero-order valence-corrected chi connectivity index (χ0v) is 25.7. The predicted molar refractivity (Wildman–Crippen MR) is 140 cm³/mol. The van der Waals surface area contributed by atoms with E-state index in [1.807, 2.05) is 0 Å². The van der Waals surface area contributed by atoms with Crippen LogP contribution in [-0.2, 0) is 8.98 Å². The molecule has 0 aromatic heterocycles. The second kappa shape index (κ2) is 10.4. The molecule has 0 radical (unpaired) electrons. The molecule has 0 heterocycles. The van der Waals surface area contributed by atoms with Gasteiger partial charge in [-0.05, 0) is 110 Å². The monoisotopic (exact) mass is 844 g/mol. The Balaban J connectivity index is 2.56. The van der Waals surface area contributed by atoms with Crippen LogP contribution in [0.5, 0.6) is 0 Å². The quantitative estimate of drug-likeness (QED) is 0.261. The van der Waals surface area contributed by atoms with Gasteiger partial charge in [-0.2, -0.15) is 13.2 Å². The SMILES string of the molecule is O=C(OS(c1ccccc1)(c1c(Br)cc(Br)cc1Br)c1c(Br)cc(Br)cc1Br)C(F)(F)F. The van der Waals surface area contributed by atoms with Crippen molar-refractivity contribution in [3.8, 4) is 0 Å². The molecule has 0 saturated carbocycles. The maximum atomic E-state index is 13.5. The van der Waals surface area contributed by atoms with E-state index >= 15 is 0 Å². The maximum absolute atomic E-state index is 13.5. The number of hydrogen-bond donors (Lipinski definition) is 0. The van der Waals surface area contributed by atoms with Crippen LogP contribution < -0.4 is 0 Å². The van der Waals surface area contributed by atoms with Gasteiger partial charge < -0.3 is 4.18 Å². The molecular formula is C20H9Br6F3O2S. The largest absolute Gasteiger partial charge is 0.491 e. The van der Waals surface area contributed by atoms with E-state index in [0.29, 0.717) is 41.5 Å². The van der Waals surface area contributed by atoms with Crippen LogP contribution in [0.2, 0.25) is 0 Å². The number of carbonyl (C=O) groups is 1. The Kier molecular flexibility index (Phi) is 8.70. The third kappa shape index (κ3) is 5.36. The van der Waals surface area contributed by atoms with E-state index in [1.165, 1.54) is 0 Å². The molecule has 12 heteroatoms. The summed E-state index contributed by atoms with van der Waals surface area (Å²) in [6.07, 6.45) is -5.20. The van der Waals surface area contributed by atoms with Crippen molar-refractivity contribution in [3.05, 3.63) is 81.4 Å². The van der Waals surface area contributed by atoms with Crippen LogP contribution in [0.15, 0.2) is 96.1 Å². The van der Waals surface area contributed by atoms with Crippen LogP contribution in [0, 0.1) is 0 Å². The Morgan fingerprint density at radius 2 is 1.09 bits per heavy atom. The van der Waals surface area contributed by atoms with E-state index in [1.54, 1.807) is 54.6 Å². The molecule has 0 bridgehead atoms. The first-order valence-corrected chi connectivity index (χ1v) is 14.7. The number of rotatable bonds is 4. The van der Waals surface area contributed by atoms with Gasteiger partial charge in [-0.15, -0.1) is 0 Å². The number of hydrogen-bond acceptors (Lipinski definition) is 2. The summed E-state index contributed by atoms with van der Waals surface area (Å²) in [7, 11) is -3.27. The molecule has 32 heavy (non-hydrogen) atoms. The summed E-state index contributed by atoms with van der Waals surface area (Å²) in [5.41, 5.74) is 0. The summed E-state index contributed by atoms with van der Waals surface area (Å²) in [6, 6.07) is 15.1. The van der Waals surface area contributed by atoms with Gasteiger partial charge in [-0.1, -0.05) is 50.1 Å². The van der Waals surface area contributed by atoms with Gasteiger partial charge in [0.15, 0.2) is 0 Å². The molecule has 0 atom stereocenters. The molecule has 0 aliphatic heterocycles. The van der Waals surface area contributed by atoms with Crippen LogP contribution in [0.4, 0.5) is 13.2 Å². The minimum atomic E-state index is -5.20. The number of halogens is 9. The lowest BCUT2D eigenvalue weighted by atomic mass is 10.3. The fraction of sp³-hybridized carbons (Fsp3) is 0.0500. The molecule has 0 amide bonds. The van der Waals surface area contributed by atoms with Gasteiger partial charge in [-0.25, -0.2) is 4.79 Å². The Morgan fingerprint density at radius 1 is 0.719 bits per heavy atom. The molecule has 0 fully saturated rings. The highest BCUT2D eigenvalue weighted by atomic mass is 79.9. The zero-order chi connectivity index (χ0) is 23.8. The molecule has 0 saturated heterocycles. The fourth-order valence-corrected chi connectivity index (χ4v) is 13.2. The average molecular weight is 850 g/mol. The molecule has 0 N–H and O–H groups in total. The van der Waals surface area contributed by atoms with E-state index in [-0.39, 0.29) is 0 Å².